The third-order valence-electron chi connectivity index (χ3n) is 4.46. The summed E-state index contributed by atoms with van der Waals surface area (Å²) in [6, 6.07) is 12.1. The maximum absolute atomic E-state index is 12.9. The first-order valence-corrected chi connectivity index (χ1v) is 9.95. The molecule has 1 amide bonds. The molecule has 138 valence electrons. The average molecular weight is 374 g/mol. The van der Waals surface area contributed by atoms with E-state index in [1.165, 1.54) is 37.8 Å². The van der Waals surface area contributed by atoms with Crippen molar-refractivity contribution in [2.75, 3.05) is 12.4 Å². The minimum Gasteiger partial charge on any atom is -0.495 e. The van der Waals surface area contributed by atoms with Crippen molar-refractivity contribution in [3.8, 4) is 5.75 Å². The van der Waals surface area contributed by atoms with E-state index in [-0.39, 0.29) is 16.8 Å². The average Bonchev–Trinajstić information content (AvgIpc) is 2.61. The molecule has 0 saturated carbocycles. The molecule has 2 aromatic rings. The van der Waals surface area contributed by atoms with Crippen LogP contribution in [0.25, 0.3) is 0 Å². The normalized spacial score (nSPS) is 16.6. The van der Waals surface area contributed by atoms with Gasteiger partial charge >= 0.3 is 0 Å². The van der Waals surface area contributed by atoms with Crippen molar-refractivity contribution in [3.63, 3.8) is 0 Å². The summed E-state index contributed by atoms with van der Waals surface area (Å²) in [5, 5.41) is 2.60. The molecular formula is C19H22N2O4S. The van der Waals surface area contributed by atoms with Gasteiger partial charge in [-0.2, -0.15) is 0 Å². The molecule has 0 spiro atoms. The summed E-state index contributed by atoms with van der Waals surface area (Å²) in [5.41, 5.74) is 2.53. The Morgan fingerprint density at radius 1 is 1.19 bits per heavy atom. The first-order valence-electron chi connectivity index (χ1n) is 8.46. The molecule has 0 fully saturated rings. The van der Waals surface area contributed by atoms with Crippen LogP contribution >= 0.6 is 0 Å². The van der Waals surface area contributed by atoms with Gasteiger partial charge in [-0.15, -0.1) is 0 Å². The van der Waals surface area contributed by atoms with Crippen LogP contribution in [0.1, 0.15) is 36.9 Å². The summed E-state index contributed by atoms with van der Waals surface area (Å²) in [6.07, 6.45) is 2.65. The third-order valence-corrected chi connectivity index (χ3v) is 5.93. The number of rotatable bonds is 5. The number of anilines is 1. The molecule has 0 heterocycles. The molecule has 1 aliphatic rings. The van der Waals surface area contributed by atoms with Crippen LogP contribution in [0.3, 0.4) is 0 Å². The molecule has 6 nitrogen and oxygen atoms in total. The second-order valence-electron chi connectivity index (χ2n) is 6.31. The standard InChI is InChI=1S/C19H22N2O4S/c1-13(22)20-18-12-15(10-11-19(18)25-2)26(23,24)21-17-9-5-7-14-6-3-4-8-16(14)17/h3-4,6,8,10-12,17,21H,5,7,9H2,1-2H3,(H,20,22). The molecule has 2 aromatic carbocycles. The molecule has 3 rings (SSSR count). The molecule has 0 aromatic heterocycles. The summed E-state index contributed by atoms with van der Waals surface area (Å²) < 4.78 is 33.8. The maximum atomic E-state index is 12.9. The molecule has 0 bridgehead atoms. The van der Waals surface area contributed by atoms with Crippen LogP contribution in [0.2, 0.25) is 0 Å². The van der Waals surface area contributed by atoms with Gasteiger partial charge in [0.15, 0.2) is 0 Å². The highest BCUT2D eigenvalue weighted by Gasteiger charge is 2.26. The van der Waals surface area contributed by atoms with E-state index in [1.807, 2.05) is 24.3 Å². The zero-order valence-electron chi connectivity index (χ0n) is 14.8. The fourth-order valence-electron chi connectivity index (χ4n) is 3.27. The number of carbonyl (C=O) groups is 1. The number of aryl methyl sites for hydroxylation is 1. The van der Waals surface area contributed by atoms with E-state index >= 15 is 0 Å². The molecule has 7 heteroatoms. The zero-order chi connectivity index (χ0) is 18.7. The van der Waals surface area contributed by atoms with Gasteiger partial charge in [0, 0.05) is 13.0 Å². The number of hydrogen-bond donors (Lipinski definition) is 2. The predicted octanol–water partition coefficient (Wildman–Crippen LogP) is 3.01. The van der Waals surface area contributed by atoms with Gasteiger partial charge in [0.2, 0.25) is 15.9 Å². The smallest absolute Gasteiger partial charge is 0.241 e. The number of carbonyl (C=O) groups excluding carboxylic acids is 1. The lowest BCUT2D eigenvalue weighted by molar-refractivity contribution is -0.114. The number of hydrogen-bond acceptors (Lipinski definition) is 4. The van der Waals surface area contributed by atoms with E-state index < -0.39 is 10.0 Å². The van der Waals surface area contributed by atoms with Crippen molar-refractivity contribution in [2.24, 2.45) is 0 Å². The Morgan fingerprint density at radius 2 is 1.96 bits per heavy atom. The SMILES string of the molecule is COc1ccc(S(=O)(=O)NC2CCCc3ccccc32)cc1NC(C)=O. The summed E-state index contributed by atoms with van der Waals surface area (Å²) in [5.74, 6) is 0.106. The lowest BCUT2D eigenvalue weighted by atomic mass is 9.88. The van der Waals surface area contributed by atoms with Crippen LogP contribution in [0, 0.1) is 0 Å². The number of amides is 1. The number of methoxy groups -OCH3 is 1. The van der Waals surface area contributed by atoms with Crippen molar-refractivity contribution < 1.29 is 17.9 Å². The van der Waals surface area contributed by atoms with E-state index in [0.717, 1.165) is 24.8 Å². The molecule has 0 saturated heterocycles. The number of ether oxygens (including phenoxy) is 1. The number of sulfonamides is 1. The molecular weight excluding hydrogens is 352 g/mol. The Balaban J connectivity index is 1.91. The number of benzene rings is 2. The lowest BCUT2D eigenvalue weighted by Gasteiger charge is -2.26. The minimum absolute atomic E-state index is 0.0881. The van der Waals surface area contributed by atoms with Crippen molar-refractivity contribution in [1.82, 2.24) is 4.72 Å². The Labute approximate surface area is 153 Å². The first kappa shape index (κ1) is 18.4. The van der Waals surface area contributed by atoms with Gasteiger partial charge in [-0.05, 0) is 48.6 Å². The summed E-state index contributed by atoms with van der Waals surface area (Å²) in [7, 11) is -2.28. The minimum atomic E-state index is -3.74. The summed E-state index contributed by atoms with van der Waals surface area (Å²) in [6.45, 7) is 1.36. The van der Waals surface area contributed by atoms with Gasteiger partial charge in [-0.25, -0.2) is 13.1 Å². The highest BCUT2D eigenvalue weighted by Crippen LogP contribution is 2.32. The maximum Gasteiger partial charge on any atom is 0.241 e. The van der Waals surface area contributed by atoms with E-state index in [1.54, 1.807) is 0 Å². The Bertz CT molecular complexity index is 925. The van der Waals surface area contributed by atoms with Crippen LogP contribution in [0.15, 0.2) is 47.4 Å². The first-order chi connectivity index (χ1) is 12.4. The van der Waals surface area contributed by atoms with Crippen LogP contribution in [0.5, 0.6) is 5.75 Å². The fraction of sp³-hybridized carbons (Fsp3) is 0.316. The lowest BCUT2D eigenvalue weighted by Crippen LogP contribution is -2.31. The Kier molecular flexibility index (Phi) is 5.29. The van der Waals surface area contributed by atoms with Gasteiger partial charge in [-0.3, -0.25) is 4.79 Å². The highest BCUT2D eigenvalue weighted by atomic mass is 32.2. The van der Waals surface area contributed by atoms with Gasteiger partial charge in [-0.1, -0.05) is 24.3 Å². The third kappa shape index (κ3) is 3.89. The quantitative estimate of drug-likeness (QED) is 0.843. The predicted molar refractivity (Wildman–Crippen MR) is 99.7 cm³/mol. The van der Waals surface area contributed by atoms with E-state index in [2.05, 4.69) is 10.0 Å². The molecule has 26 heavy (non-hydrogen) atoms. The summed E-state index contributed by atoms with van der Waals surface area (Å²) >= 11 is 0. The number of nitrogens with one attached hydrogen (secondary N) is 2. The van der Waals surface area contributed by atoms with Crippen molar-refractivity contribution in [1.29, 1.82) is 0 Å². The molecule has 1 atom stereocenters. The van der Waals surface area contributed by atoms with Crippen LogP contribution in [0.4, 0.5) is 5.69 Å². The highest BCUT2D eigenvalue weighted by molar-refractivity contribution is 7.89. The van der Waals surface area contributed by atoms with Crippen molar-refractivity contribution in [2.45, 2.75) is 37.1 Å². The topological polar surface area (TPSA) is 84.5 Å². The van der Waals surface area contributed by atoms with Gasteiger partial charge < -0.3 is 10.1 Å². The van der Waals surface area contributed by atoms with Crippen molar-refractivity contribution >= 4 is 21.6 Å². The van der Waals surface area contributed by atoms with E-state index in [4.69, 9.17) is 4.74 Å². The molecule has 1 unspecified atom stereocenters. The largest absolute Gasteiger partial charge is 0.495 e. The molecule has 1 aliphatic carbocycles. The summed E-state index contributed by atoms with van der Waals surface area (Å²) in [4.78, 5) is 11.5. The zero-order valence-corrected chi connectivity index (χ0v) is 15.6. The van der Waals surface area contributed by atoms with E-state index in [0.29, 0.717) is 11.4 Å². The second kappa shape index (κ2) is 7.47. The van der Waals surface area contributed by atoms with Gasteiger partial charge in [0.25, 0.3) is 0 Å². The van der Waals surface area contributed by atoms with Crippen molar-refractivity contribution in [3.05, 3.63) is 53.6 Å². The number of fused-ring (bicyclic) bond motifs is 1. The van der Waals surface area contributed by atoms with Crippen LogP contribution < -0.4 is 14.8 Å². The monoisotopic (exact) mass is 374 g/mol. The molecule has 0 aliphatic heterocycles. The van der Waals surface area contributed by atoms with Gasteiger partial charge in [0.1, 0.15) is 5.75 Å². The Hall–Kier alpha value is -2.38. The molecule has 0 radical (unpaired) electrons. The van der Waals surface area contributed by atoms with Gasteiger partial charge in [0.05, 0.1) is 17.7 Å². The molecule has 2 N–H and O–H groups in total. The van der Waals surface area contributed by atoms with E-state index in [9.17, 15) is 13.2 Å². The second-order valence-corrected chi connectivity index (χ2v) is 8.02. The Morgan fingerprint density at radius 3 is 2.69 bits per heavy atom. The van der Waals surface area contributed by atoms with Crippen LogP contribution in [-0.4, -0.2) is 21.4 Å². The van der Waals surface area contributed by atoms with Crippen LogP contribution in [-0.2, 0) is 21.2 Å². The fourth-order valence-corrected chi connectivity index (χ4v) is 4.55.